The quantitative estimate of drug-likeness (QED) is 0.846. The largest absolute Gasteiger partial charge is 0.466 e. The number of aromatic nitrogens is 2. The summed E-state index contributed by atoms with van der Waals surface area (Å²) < 4.78 is 5.23. The number of imidazole rings is 1. The second kappa shape index (κ2) is 7.95. The normalized spacial score (nSPS) is 29.3. The van der Waals surface area contributed by atoms with Gasteiger partial charge in [-0.25, -0.2) is 4.98 Å². The molecule has 128 valence electrons. The van der Waals surface area contributed by atoms with E-state index in [1.165, 1.54) is 25.7 Å². The molecule has 1 saturated heterocycles. The lowest BCUT2D eigenvalue weighted by atomic mass is 9.80. The molecule has 0 aromatic carbocycles. The number of nitrogens with zero attached hydrogens (tertiary/aromatic N) is 2. The van der Waals surface area contributed by atoms with Gasteiger partial charge in [0.25, 0.3) is 0 Å². The van der Waals surface area contributed by atoms with Gasteiger partial charge in [-0.1, -0.05) is 12.8 Å². The van der Waals surface area contributed by atoms with Gasteiger partial charge in [-0.3, -0.25) is 9.69 Å². The first-order valence-electron chi connectivity index (χ1n) is 9.18. The summed E-state index contributed by atoms with van der Waals surface area (Å²) in [5, 5.41) is 0. The Hall–Kier alpha value is -1.36. The van der Waals surface area contributed by atoms with Crippen molar-refractivity contribution in [2.45, 2.75) is 57.9 Å². The lowest BCUT2D eigenvalue weighted by Crippen LogP contribution is -2.39. The topological polar surface area (TPSA) is 58.2 Å². The van der Waals surface area contributed by atoms with Gasteiger partial charge in [0.15, 0.2) is 0 Å². The minimum atomic E-state index is 0.0124. The highest BCUT2D eigenvalue weighted by Crippen LogP contribution is 2.35. The second-order valence-electron chi connectivity index (χ2n) is 6.96. The Bertz CT molecular complexity index is 488. The maximum absolute atomic E-state index is 12.0. The number of likely N-dealkylation sites (tertiary alicyclic amines) is 1. The molecule has 1 N–H and O–H groups in total. The summed E-state index contributed by atoms with van der Waals surface area (Å²) in [6.07, 6.45) is 11.9. The molecule has 3 atom stereocenters. The molecule has 23 heavy (non-hydrogen) atoms. The van der Waals surface area contributed by atoms with E-state index in [9.17, 15) is 4.79 Å². The van der Waals surface area contributed by atoms with Crippen LogP contribution in [-0.4, -0.2) is 40.5 Å². The van der Waals surface area contributed by atoms with Crippen molar-refractivity contribution in [3.63, 3.8) is 0 Å². The molecular formula is C18H29N3O2. The molecule has 1 aromatic heterocycles. The van der Waals surface area contributed by atoms with Crippen molar-refractivity contribution >= 4 is 5.97 Å². The zero-order valence-electron chi connectivity index (χ0n) is 14.2. The van der Waals surface area contributed by atoms with E-state index in [-0.39, 0.29) is 11.9 Å². The van der Waals surface area contributed by atoms with Gasteiger partial charge < -0.3 is 9.72 Å². The van der Waals surface area contributed by atoms with E-state index in [0.29, 0.717) is 18.6 Å². The molecule has 3 rings (SSSR count). The van der Waals surface area contributed by atoms with Crippen molar-refractivity contribution < 1.29 is 9.53 Å². The monoisotopic (exact) mass is 319 g/mol. The van der Waals surface area contributed by atoms with Crippen LogP contribution >= 0.6 is 0 Å². The van der Waals surface area contributed by atoms with E-state index < -0.39 is 0 Å². The zero-order valence-corrected chi connectivity index (χ0v) is 14.2. The summed E-state index contributed by atoms with van der Waals surface area (Å²) in [5.41, 5.74) is 0. The number of ether oxygens (including phenoxy) is 1. The molecule has 5 heteroatoms. The summed E-state index contributed by atoms with van der Waals surface area (Å²) in [5.74, 6) is 1.83. The molecule has 2 aliphatic rings. The van der Waals surface area contributed by atoms with Crippen LogP contribution in [0.4, 0.5) is 0 Å². The fourth-order valence-corrected chi connectivity index (χ4v) is 4.24. The zero-order chi connectivity index (χ0) is 16.1. The molecule has 5 nitrogen and oxygen atoms in total. The van der Waals surface area contributed by atoms with E-state index in [2.05, 4.69) is 14.9 Å². The van der Waals surface area contributed by atoms with Crippen molar-refractivity contribution in [3.05, 3.63) is 18.2 Å². The third-order valence-corrected chi connectivity index (χ3v) is 5.34. The van der Waals surface area contributed by atoms with Crippen LogP contribution in [0.5, 0.6) is 0 Å². The van der Waals surface area contributed by atoms with Gasteiger partial charge in [0, 0.05) is 18.9 Å². The first-order valence-corrected chi connectivity index (χ1v) is 9.18. The Labute approximate surface area is 138 Å². The number of piperidine rings is 1. The lowest BCUT2D eigenvalue weighted by molar-refractivity contribution is -0.149. The van der Waals surface area contributed by atoms with Crippen molar-refractivity contribution in [2.75, 3.05) is 19.7 Å². The number of hydrogen-bond donors (Lipinski definition) is 1. The molecule has 0 radical (unpaired) electrons. The van der Waals surface area contributed by atoms with Gasteiger partial charge in [-0.05, 0) is 51.5 Å². The Balaban J connectivity index is 1.59. The minimum Gasteiger partial charge on any atom is -0.466 e. The van der Waals surface area contributed by atoms with Crippen LogP contribution in [0.2, 0.25) is 0 Å². The number of carbonyl (C=O) groups is 1. The lowest BCUT2D eigenvalue weighted by Gasteiger charge is -2.38. The number of hydrogen-bond acceptors (Lipinski definition) is 4. The summed E-state index contributed by atoms with van der Waals surface area (Å²) in [6, 6.07) is 0.418. The smallest absolute Gasteiger partial charge is 0.308 e. The van der Waals surface area contributed by atoms with Crippen molar-refractivity contribution in [1.82, 2.24) is 14.9 Å². The van der Waals surface area contributed by atoms with Crippen LogP contribution in [0.25, 0.3) is 0 Å². The molecule has 1 aromatic rings. The van der Waals surface area contributed by atoms with E-state index in [1.807, 2.05) is 19.3 Å². The fourth-order valence-electron chi connectivity index (χ4n) is 4.24. The molecule has 1 aliphatic heterocycles. The van der Waals surface area contributed by atoms with Crippen LogP contribution in [0.3, 0.4) is 0 Å². The summed E-state index contributed by atoms with van der Waals surface area (Å²) in [6.45, 7) is 4.61. The predicted octanol–water partition coefficient (Wildman–Crippen LogP) is 3.31. The number of carbonyl (C=O) groups excluding carboxylic acids is 1. The van der Waals surface area contributed by atoms with Gasteiger partial charge in [0.1, 0.15) is 5.82 Å². The summed E-state index contributed by atoms with van der Waals surface area (Å²) in [7, 11) is 0. The number of aromatic amines is 1. The van der Waals surface area contributed by atoms with Crippen LogP contribution in [0.15, 0.2) is 12.4 Å². The van der Waals surface area contributed by atoms with E-state index in [0.717, 1.165) is 38.2 Å². The highest BCUT2D eigenvalue weighted by molar-refractivity contribution is 5.72. The average molecular weight is 319 g/mol. The molecule has 1 aliphatic carbocycles. The second-order valence-corrected chi connectivity index (χ2v) is 6.96. The molecule has 0 unspecified atom stereocenters. The number of rotatable bonds is 5. The number of nitrogens with one attached hydrogen (secondary N) is 1. The molecule has 2 heterocycles. The summed E-state index contributed by atoms with van der Waals surface area (Å²) >= 11 is 0. The third kappa shape index (κ3) is 4.14. The average Bonchev–Trinajstić information content (AvgIpc) is 3.10. The Morgan fingerprint density at radius 3 is 3.04 bits per heavy atom. The van der Waals surface area contributed by atoms with Crippen LogP contribution in [0.1, 0.15) is 63.7 Å². The van der Waals surface area contributed by atoms with Crippen LogP contribution < -0.4 is 0 Å². The highest BCUT2D eigenvalue weighted by atomic mass is 16.5. The maximum Gasteiger partial charge on any atom is 0.308 e. The van der Waals surface area contributed by atoms with Crippen molar-refractivity contribution in [1.29, 1.82) is 0 Å². The molecule has 0 bridgehead atoms. The molecule has 1 saturated carbocycles. The van der Waals surface area contributed by atoms with E-state index in [1.54, 1.807) is 0 Å². The first-order chi connectivity index (χ1) is 11.3. The van der Waals surface area contributed by atoms with Crippen LogP contribution in [0, 0.1) is 11.8 Å². The molecule has 0 amide bonds. The van der Waals surface area contributed by atoms with Gasteiger partial charge in [-0.2, -0.15) is 0 Å². The molecular weight excluding hydrogens is 290 g/mol. The summed E-state index contributed by atoms with van der Waals surface area (Å²) in [4.78, 5) is 22.4. The van der Waals surface area contributed by atoms with Gasteiger partial charge in [0.2, 0.25) is 0 Å². The van der Waals surface area contributed by atoms with Gasteiger partial charge >= 0.3 is 5.97 Å². The Morgan fingerprint density at radius 1 is 1.35 bits per heavy atom. The fraction of sp³-hybridized carbons (Fsp3) is 0.778. The standard InChI is InChI=1S/C18H29N3O2/c1-2-23-18(22)15-7-5-6-14(12-15)13-21-11-4-3-8-16(21)17-19-9-10-20-17/h9-10,14-16H,2-8,11-13H2,1H3,(H,19,20)/t14-,15-,16+/m1/s1. The first kappa shape index (κ1) is 16.5. The predicted molar refractivity (Wildman–Crippen MR) is 88.8 cm³/mol. The maximum atomic E-state index is 12.0. The third-order valence-electron chi connectivity index (χ3n) is 5.34. The molecule has 2 fully saturated rings. The number of esters is 1. The number of H-pyrrole nitrogens is 1. The highest BCUT2D eigenvalue weighted by Gasteiger charge is 2.32. The van der Waals surface area contributed by atoms with E-state index >= 15 is 0 Å². The van der Waals surface area contributed by atoms with Crippen LogP contribution in [-0.2, 0) is 9.53 Å². The molecule has 0 spiro atoms. The minimum absolute atomic E-state index is 0.0124. The Kier molecular flexibility index (Phi) is 5.70. The van der Waals surface area contributed by atoms with E-state index in [4.69, 9.17) is 4.74 Å². The van der Waals surface area contributed by atoms with Gasteiger partial charge in [0.05, 0.1) is 18.6 Å². The Morgan fingerprint density at radius 2 is 2.26 bits per heavy atom. The van der Waals surface area contributed by atoms with Crippen molar-refractivity contribution in [2.24, 2.45) is 11.8 Å². The van der Waals surface area contributed by atoms with Crippen molar-refractivity contribution in [3.8, 4) is 0 Å². The van der Waals surface area contributed by atoms with Gasteiger partial charge in [-0.15, -0.1) is 0 Å². The SMILES string of the molecule is CCOC(=O)[C@@H]1CCC[C@@H](CN2CCCC[C@H]2c2ncc[nH]2)C1.